The number of hydrogen-bond donors (Lipinski definition) is 2. The number of fused-ring (bicyclic) bond motifs is 1. The number of nitrogens with two attached hydrogens (primary N) is 1. The summed E-state index contributed by atoms with van der Waals surface area (Å²) in [4.78, 5) is 11.8. The molecule has 0 atom stereocenters. The average Bonchev–Trinajstić information content (AvgIpc) is 2.40. The third-order valence-corrected chi connectivity index (χ3v) is 3.19. The monoisotopic (exact) mass is 207 g/mol. The predicted molar refractivity (Wildman–Crippen MR) is 57.9 cm³/mol. The fourth-order valence-electron chi connectivity index (χ4n) is 1.50. The third kappa shape index (κ3) is 1.24. The van der Waals surface area contributed by atoms with Crippen molar-refractivity contribution in [3.05, 3.63) is 28.6 Å². The summed E-state index contributed by atoms with van der Waals surface area (Å²) in [6, 6.07) is 5.35. The lowest BCUT2D eigenvalue weighted by Gasteiger charge is -1.95. The Hall–Kier alpha value is -1.55. The van der Waals surface area contributed by atoms with Crippen LogP contribution in [-0.2, 0) is 0 Å². The molecule has 0 aliphatic rings. The first-order chi connectivity index (χ1) is 6.59. The Bertz CT molecular complexity index is 516. The number of carboxylic acid groups (broad SMARTS) is 1. The van der Waals surface area contributed by atoms with E-state index in [1.165, 1.54) is 11.3 Å². The van der Waals surface area contributed by atoms with Gasteiger partial charge >= 0.3 is 5.97 Å². The first-order valence-electron chi connectivity index (χ1n) is 4.11. The number of hydrogen-bond acceptors (Lipinski definition) is 3. The predicted octanol–water partition coefficient (Wildman–Crippen LogP) is 2.49. The second-order valence-corrected chi connectivity index (χ2v) is 4.35. The van der Waals surface area contributed by atoms with E-state index < -0.39 is 5.97 Å². The van der Waals surface area contributed by atoms with Gasteiger partial charge in [0.15, 0.2) is 0 Å². The lowest BCUT2D eigenvalue weighted by molar-refractivity contribution is 0.0699. The van der Waals surface area contributed by atoms with Crippen LogP contribution in [0.4, 0.5) is 5.69 Å². The molecule has 0 fully saturated rings. The van der Waals surface area contributed by atoms with Gasteiger partial charge in [0.2, 0.25) is 0 Å². The molecular weight excluding hydrogens is 198 g/mol. The second-order valence-electron chi connectivity index (χ2n) is 3.09. The van der Waals surface area contributed by atoms with E-state index in [9.17, 15) is 4.79 Å². The molecule has 2 aromatic rings. The smallest absolute Gasteiger partial charge is 0.337 e. The maximum atomic E-state index is 11.0. The Kier molecular flexibility index (Phi) is 1.93. The number of carboxylic acids is 1. The molecule has 1 aromatic heterocycles. The van der Waals surface area contributed by atoms with Crippen LogP contribution >= 0.6 is 11.3 Å². The van der Waals surface area contributed by atoms with Gasteiger partial charge in [-0.3, -0.25) is 0 Å². The molecule has 0 amide bonds. The highest BCUT2D eigenvalue weighted by Crippen LogP contribution is 2.31. The van der Waals surface area contributed by atoms with Crippen LogP contribution in [0.3, 0.4) is 0 Å². The molecule has 14 heavy (non-hydrogen) atoms. The van der Waals surface area contributed by atoms with Crippen LogP contribution in [0, 0.1) is 6.92 Å². The van der Waals surface area contributed by atoms with Crippen LogP contribution in [-0.4, -0.2) is 11.1 Å². The summed E-state index contributed by atoms with van der Waals surface area (Å²) in [5, 5.41) is 9.75. The highest BCUT2D eigenvalue weighted by atomic mass is 32.1. The summed E-state index contributed by atoms with van der Waals surface area (Å²) in [6.07, 6.45) is 0. The van der Waals surface area contributed by atoms with Crippen molar-refractivity contribution in [3.63, 3.8) is 0 Å². The number of carbonyl (C=O) groups is 1. The Morgan fingerprint density at radius 1 is 1.50 bits per heavy atom. The summed E-state index contributed by atoms with van der Waals surface area (Å²) < 4.78 is 0.967. The van der Waals surface area contributed by atoms with E-state index in [1.807, 2.05) is 13.0 Å². The quantitative estimate of drug-likeness (QED) is 0.706. The molecule has 1 aromatic carbocycles. The zero-order valence-electron chi connectivity index (χ0n) is 7.57. The first-order valence-corrected chi connectivity index (χ1v) is 4.93. The second kappa shape index (κ2) is 2.99. The molecule has 2 rings (SSSR count). The van der Waals surface area contributed by atoms with Gasteiger partial charge in [0.25, 0.3) is 0 Å². The molecule has 0 saturated heterocycles. The van der Waals surface area contributed by atoms with E-state index in [2.05, 4.69) is 0 Å². The van der Waals surface area contributed by atoms with E-state index in [4.69, 9.17) is 10.8 Å². The van der Waals surface area contributed by atoms with Crippen molar-refractivity contribution in [3.8, 4) is 0 Å². The number of aryl methyl sites for hydroxylation is 1. The Morgan fingerprint density at radius 2 is 2.21 bits per heavy atom. The lowest BCUT2D eigenvalue weighted by atomic mass is 10.1. The normalized spacial score (nSPS) is 10.6. The zero-order chi connectivity index (χ0) is 10.3. The topological polar surface area (TPSA) is 63.3 Å². The molecule has 72 valence electrons. The molecular formula is C10H9NO2S. The van der Waals surface area contributed by atoms with Crippen LogP contribution in [0.2, 0.25) is 0 Å². The van der Waals surface area contributed by atoms with E-state index in [0.717, 1.165) is 15.0 Å². The first kappa shape index (κ1) is 9.02. The van der Waals surface area contributed by atoms with Gasteiger partial charge < -0.3 is 10.8 Å². The minimum atomic E-state index is -0.889. The molecule has 3 N–H and O–H groups in total. The van der Waals surface area contributed by atoms with Crippen molar-refractivity contribution in [2.75, 3.05) is 5.73 Å². The Labute approximate surface area is 84.8 Å². The molecule has 1 heterocycles. The van der Waals surface area contributed by atoms with Crippen molar-refractivity contribution in [2.24, 2.45) is 0 Å². The molecule has 0 spiro atoms. The highest BCUT2D eigenvalue weighted by Gasteiger charge is 2.14. The number of aromatic carboxylic acids is 1. The van der Waals surface area contributed by atoms with Crippen molar-refractivity contribution in [2.45, 2.75) is 6.92 Å². The van der Waals surface area contributed by atoms with E-state index in [-0.39, 0.29) is 0 Å². The minimum Gasteiger partial charge on any atom is -0.478 e. The summed E-state index contributed by atoms with van der Waals surface area (Å²) in [6.45, 7) is 1.81. The number of benzene rings is 1. The zero-order valence-corrected chi connectivity index (χ0v) is 8.39. The molecule has 0 unspecified atom stereocenters. The van der Waals surface area contributed by atoms with Gasteiger partial charge in [-0.2, -0.15) is 0 Å². The van der Waals surface area contributed by atoms with E-state index >= 15 is 0 Å². The van der Waals surface area contributed by atoms with E-state index in [0.29, 0.717) is 11.3 Å². The third-order valence-electron chi connectivity index (χ3n) is 2.10. The van der Waals surface area contributed by atoms with Crippen molar-refractivity contribution in [1.29, 1.82) is 0 Å². The molecule has 0 bridgehead atoms. The Balaban J connectivity index is 2.86. The van der Waals surface area contributed by atoms with Crippen LogP contribution in [0.15, 0.2) is 18.2 Å². The average molecular weight is 207 g/mol. The summed E-state index contributed by atoms with van der Waals surface area (Å²) in [5.74, 6) is -0.889. The summed E-state index contributed by atoms with van der Waals surface area (Å²) in [7, 11) is 0. The van der Waals surface area contributed by atoms with Crippen molar-refractivity contribution in [1.82, 2.24) is 0 Å². The van der Waals surface area contributed by atoms with Gasteiger partial charge in [0.05, 0.1) is 5.56 Å². The van der Waals surface area contributed by atoms with Gasteiger partial charge in [-0.05, 0) is 25.1 Å². The SMILES string of the molecule is Cc1sc2ccc(N)cc2c1C(=O)O. The van der Waals surface area contributed by atoms with Crippen LogP contribution in [0.5, 0.6) is 0 Å². The fourth-order valence-corrected chi connectivity index (χ4v) is 2.54. The maximum Gasteiger partial charge on any atom is 0.337 e. The fraction of sp³-hybridized carbons (Fsp3) is 0.100. The molecule has 4 heteroatoms. The number of thiophene rings is 1. The molecule has 0 aliphatic heterocycles. The standard InChI is InChI=1S/C10H9NO2S/c1-5-9(10(12)13)7-4-6(11)2-3-8(7)14-5/h2-4H,11H2,1H3,(H,12,13). The molecule has 0 radical (unpaired) electrons. The summed E-state index contributed by atoms with van der Waals surface area (Å²) >= 11 is 1.48. The van der Waals surface area contributed by atoms with Crippen LogP contribution in [0.1, 0.15) is 15.2 Å². The Morgan fingerprint density at radius 3 is 2.86 bits per heavy atom. The number of rotatable bonds is 1. The highest BCUT2D eigenvalue weighted by molar-refractivity contribution is 7.19. The van der Waals surface area contributed by atoms with E-state index in [1.54, 1.807) is 12.1 Å². The van der Waals surface area contributed by atoms with Gasteiger partial charge in [-0.1, -0.05) is 0 Å². The van der Waals surface area contributed by atoms with Crippen LogP contribution < -0.4 is 5.73 Å². The minimum absolute atomic E-state index is 0.373. The van der Waals surface area contributed by atoms with Gasteiger partial charge in [0, 0.05) is 20.7 Å². The maximum absolute atomic E-state index is 11.0. The van der Waals surface area contributed by atoms with Gasteiger partial charge in [-0.15, -0.1) is 11.3 Å². The molecule has 0 aliphatic carbocycles. The summed E-state index contributed by atoms with van der Waals surface area (Å²) in [5.41, 5.74) is 6.58. The largest absolute Gasteiger partial charge is 0.478 e. The van der Waals surface area contributed by atoms with Gasteiger partial charge in [0.1, 0.15) is 0 Å². The number of anilines is 1. The lowest BCUT2D eigenvalue weighted by Crippen LogP contribution is -1.96. The van der Waals surface area contributed by atoms with Crippen LogP contribution in [0.25, 0.3) is 10.1 Å². The molecule has 0 saturated carbocycles. The van der Waals surface area contributed by atoms with Crippen molar-refractivity contribution < 1.29 is 9.90 Å². The number of nitrogen functional groups attached to an aromatic ring is 1. The van der Waals surface area contributed by atoms with Gasteiger partial charge in [-0.25, -0.2) is 4.79 Å². The molecule has 3 nitrogen and oxygen atoms in total. The van der Waals surface area contributed by atoms with Crippen molar-refractivity contribution >= 4 is 33.1 Å².